The van der Waals surface area contributed by atoms with Crippen LogP contribution in [0.2, 0.25) is 5.02 Å². The van der Waals surface area contributed by atoms with Crippen molar-refractivity contribution in [1.29, 1.82) is 0 Å². The minimum absolute atomic E-state index is 0.191. The molecule has 0 spiro atoms. The number of ether oxygens (including phenoxy) is 1. The van der Waals surface area contributed by atoms with Crippen molar-refractivity contribution >= 4 is 73.1 Å². The summed E-state index contributed by atoms with van der Waals surface area (Å²) in [6.45, 7) is 5.82. The Balaban J connectivity index is 1.68. The van der Waals surface area contributed by atoms with E-state index in [9.17, 15) is 9.59 Å². The number of hydrogen-bond acceptors (Lipinski definition) is 7. The zero-order chi connectivity index (χ0) is 19.6. The Morgan fingerprint density at radius 1 is 1.30 bits per heavy atom. The second kappa shape index (κ2) is 8.60. The maximum atomic E-state index is 12.4. The summed E-state index contributed by atoms with van der Waals surface area (Å²) < 4.78 is 6.93. The Bertz CT molecular complexity index is 1010. The number of hydrogen-bond donors (Lipinski definition) is 1. The van der Waals surface area contributed by atoms with Gasteiger partial charge in [-0.15, -0.1) is 22.7 Å². The lowest BCUT2D eigenvalue weighted by atomic mass is 10.1. The number of thiazole rings is 1. The molecule has 27 heavy (non-hydrogen) atoms. The number of benzene rings is 1. The second-order valence-electron chi connectivity index (χ2n) is 5.64. The Morgan fingerprint density at radius 3 is 2.81 bits per heavy atom. The number of rotatable bonds is 6. The third-order valence-electron chi connectivity index (χ3n) is 3.77. The van der Waals surface area contributed by atoms with Crippen LogP contribution in [0, 0.1) is 13.8 Å². The van der Waals surface area contributed by atoms with Crippen molar-refractivity contribution in [2.75, 3.05) is 17.7 Å². The fraction of sp³-hybridized carbons (Fsp3) is 0.278. The molecule has 3 aromatic rings. The van der Waals surface area contributed by atoms with Crippen molar-refractivity contribution in [3.8, 4) is 0 Å². The van der Waals surface area contributed by atoms with E-state index < -0.39 is 5.97 Å². The van der Waals surface area contributed by atoms with E-state index in [4.69, 9.17) is 16.3 Å². The number of fused-ring (bicyclic) bond motifs is 1. The summed E-state index contributed by atoms with van der Waals surface area (Å²) in [6.07, 6.45) is 0. The van der Waals surface area contributed by atoms with Gasteiger partial charge >= 0.3 is 5.97 Å². The van der Waals surface area contributed by atoms with Crippen LogP contribution < -0.4 is 5.32 Å². The molecule has 0 aliphatic carbocycles. The summed E-state index contributed by atoms with van der Waals surface area (Å²) in [7, 11) is 0. The fourth-order valence-corrected chi connectivity index (χ4v) is 5.48. The van der Waals surface area contributed by atoms with Gasteiger partial charge in [0, 0.05) is 9.90 Å². The van der Waals surface area contributed by atoms with Gasteiger partial charge in [0.2, 0.25) is 5.91 Å². The van der Waals surface area contributed by atoms with Crippen LogP contribution in [0.15, 0.2) is 22.5 Å². The number of thioether (sulfide) groups is 1. The van der Waals surface area contributed by atoms with Crippen LogP contribution in [0.1, 0.15) is 27.7 Å². The lowest BCUT2D eigenvalue weighted by Gasteiger charge is -2.06. The van der Waals surface area contributed by atoms with Crippen LogP contribution in [0.5, 0.6) is 0 Å². The average molecular weight is 441 g/mol. The fourth-order valence-electron chi connectivity index (χ4n) is 2.40. The van der Waals surface area contributed by atoms with Crippen LogP contribution in [-0.2, 0) is 9.53 Å². The molecular weight excluding hydrogens is 424 g/mol. The molecule has 0 bridgehead atoms. The van der Waals surface area contributed by atoms with Gasteiger partial charge in [-0.1, -0.05) is 23.4 Å². The van der Waals surface area contributed by atoms with E-state index in [0.717, 1.165) is 25.0 Å². The molecule has 0 saturated heterocycles. The van der Waals surface area contributed by atoms with Gasteiger partial charge in [-0.2, -0.15) is 0 Å². The molecule has 1 amide bonds. The Hall–Kier alpha value is -1.61. The largest absolute Gasteiger partial charge is 0.462 e. The molecule has 9 heteroatoms. The number of carbonyl (C=O) groups excluding carboxylic acids is 2. The Labute approximate surface area is 174 Å². The molecule has 1 aromatic carbocycles. The van der Waals surface area contributed by atoms with E-state index in [2.05, 4.69) is 10.3 Å². The zero-order valence-electron chi connectivity index (χ0n) is 14.9. The predicted molar refractivity (Wildman–Crippen MR) is 114 cm³/mol. The molecule has 0 radical (unpaired) electrons. The second-order valence-corrected chi connectivity index (χ2v) is 9.55. The molecule has 0 fully saturated rings. The summed E-state index contributed by atoms with van der Waals surface area (Å²) in [5, 5.41) is 4.01. The van der Waals surface area contributed by atoms with Crippen molar-refractivity contribution in [3.05, 3.63) is 39.2 Å². The smallest absolute Gasteiger partial charge is 0.341 e. The topological polar surface area (TPSA) is 68.3 Å². The zero-order valence-corrected chi connectivity index (χ0v) is 18.1. The summed E-state index contributed by atoms with van der Waals surface area (Å²) in [5.74, 6) is -0.402. The highest BCUT2D eigenvalue weighted by Gasteiger charge is 2.22. The maximum Gasteiger partial charge on any atom is 0.341 e. The van der Waals surface area contributed by atoms with Crippen LogP contribution in [0.25, 0.3) is 10.2 Å². The molecule has 0 atom stereocenters. The lowest BCUT2D eigenvalue weighted by Crippen LogP contribution is -2.16. The first-order valence-electron chi connectivity index (χ1n) is 8.15. The van der Waals surface area contributed by atoms with Crippen LogP contribution >= 0.6 is 46.0 Å². The predicted octanol–water partition coefficient (Wildman–Crippen LogP) is 5.54. The quantitative estimate of drug-likeness (QED) is 0.402. The van der Waals surface area contributed by atoms with E-state index >= 15 is 0 Å². The van der Waals surface area contributed by atoms with E-state index in [1.54, 1.807) is 13.0 Å². The minimum atomic E-state index is -0.412. The van der Waals surface area contributed by atoms with Gasteiger partial charge < -0.3 is 10.1 Å². The number of esters is 1. The average Bonchev–Trinajstić information content (AvgIpc) is 3.13. The molecular formula is C18H17ClN2O3S3. The number of nitrogens with one attached hydrogen (secondary N) is 1. The number of thiophene rings is 1. The Kier molecular flexibility index (Phi) is 6.41. The third-order valence-corrected chi connectivity index (χ3v) is 7.31. The number of aromatic nitrogens is 1. The molecule has 0 unspecified atom stereocenters. The molecule has 2 aromatic heterocycles. The molecule has 5 nitrogen and oxygen atoms in total. The number of amides is 1. The number of anilines is 1. The van der Waals surface area contributed by atoms with E-state index in [1.165, 1.54) is 34.4 Å². The number of nitrogens with zero attached hydrogens (tertiary/aromatic N) is 1. The highest BCUT2D eigenvalue weighted by atomic mass is 35.5. The normalized spacial score (nSPS) is 11.0. The van der Waals surface area contributed by atoms with Gasteiger partial charge in [0.1, 0.15) is 5.00 Å². The minimum Gasteiger partial charge on any atom is -0.462 e. The van der Waals surface area contributed by atoms with Gasteiger partial charge in [0.15, 0.2) is 4.34 Å². The van der Waals surface area contributed by atoms with Gasteiger partial charge in [-0.3, -0.25) is 4.79 Å². The van der Waals surface area contributed by atoms with Crippen LogP contribution in [-0.4, -0.2) is 29.2 Å². The number of carbonyl (C=O) groups is 2. The van der Waals surface area contributed by atoms with E-state index in [1.807, 2.05) is 26.0 Å². The van der Waals surface area contributed by atoms with E-state index in [0.29, 0.717) is 15.6 Å². The first-order chi connectivity index (χ1) is 12.9. The molecule has 1 N–H and O–H groups in total. The van der Waals surface area contributed by atoms with Gasteiger partial charge in [-0.25, -0.2) is 9.78 Å². The molecule has 0 aliphatic heterocycles. The Morgan fingerprint density at radius 2 is 2.07 bits per heavy atom. The summed E-state index contributed by atoms with van der Waals surface area (Å²) in [4.78, 5) is 30.0. The lowest BCUT2D eigenvalue weighted by molar-refractivity contribution is -0.113. The highest BCUT2D eigenvalue weighted by molar-refractivity contribution is 8.01. The van der Waals surface area contributed by atoms with Crippen LogP contribution in [0.3, 0.4) is 0 Å². The molecule has 142 valence electrons. The molecule has 3 rings (SSSR count). The first kappa shape index (κ1) is 20.1. The van der Waals surface area contributed by atoms with Crippen molar-refractivity contribution < 1.29 is 14.3 Å². The summed E-state index contributed by atoms with van der Waals surface area (Å²) in [6, 6.07) is 5.55. The van der Waals surface area contributed by atoms with Crippen molar-refractivity contribution in [2.45, 2.75) is 25.1 Å². The maximum absolute atomic E-state index is 12.4. The third kappa shape index (κ3) is 4.63. The van der Waals surface area contributed by atoms with Gasteiger partial charge in [0.25, 0.3) is 0 Å². The number of aryl methyl sites for hydroxylation is 1. The summed E-state index contributed by atoms with van der Waals surface area (Å²) >= 11 is 10.2. The van der Waals surface area contributed by atoms with Gasteiger partial charge in [-0.05, 0) is 44.5 Å². The number of halogens is 1. The van der Waals surface area contributed by atoms with Crippen molar-refractivity contribution in [2.24, 2.45) is 0 Å². The molecule has 2 heterocycles. The SMILES string of the molecule is CCOC(=O)c1c(NC(=O)CSc2nc3cc(Cl)ccc3s2)sc(C)c1C. The van der Waals surface area contributed by atoms with E-state index in [-0.39, 0.29) is 18.3 Å². The van der Waals surface area contributed by atoms with Crippen molar-refractivity contribution in [3.63, 3.8) is 0 Å². The highest BCUT2D eigenvalue weighted by Crippen LogP contribution is 2.34. The molecule has 0 saturated carbocycles. The monoisotopic (exact) mass is 440 g/mol. The first-order valence-corrected chi connectivity index (χ1v) is 11.1. The van der Waals surface area contributed by atoms with Crippen LogP contribution in [0.4, 0.5) is 5.00 Å². The summed E-state index contributed by atoms with van der Waals surface area (Å²) in [5.41, 5.74) is 2.10. The van der Waals surface area contributed by atoms with Gasteiger partial charge in [0.05, 0.1) is 28.1 Å². The van der Waals surface area contributed by atoms with Crippen molar-refractivity contribution in [1.82, 2.24) is 4.98 Å². The standard InChI is InChI=1S/C18H17ClN2O3S3/c1-4-24-17(23)15-9(2)10(3)26-16(15)21-14(22)8-25-18-20-12-7-11(19)5-6-13(12)27-18/h5-7H,4,8H2,1-3H3,(H,21,22). The molecule has 0 aliphatic rings.